The van der Waals surface area contributed by atoms with E-state index in [1.807, 2.05) is 48.5 Å². The first-order chi connectivity index (χ1) is 12.6. The zero-order valence-corrected chi connectivity index (χ0v) is 14.3. The molecular weight excluding hydrogens is 330 g/mol. The highest BCUT2D eigenvalue weighted by atomic mass is 16.5. The molecule has 1 saturated heterocycles. The van der Waals surface area contributed by atoms with Crippen LogP contribution in [0.1, 0.15) is 12.0 Å². The Bertz CT molecular complexity index is 798. The van der Waals surface area contributed by atoms with Gasteiger partial charge in [-0.2, -0.15) is 0 Å². The van der Waals surface area contributed by atoms with Crippen molar-refractivity contribution in [3.63, 3.8) is 0 Å². The zero-order valence-electron chi connectivity index (χ0n) is 14.3. The third-order valence-corrected chi connectivity index (χ3v) is 4.06. The summed E-state index contributed by atoms with van der Waals surface area (Å²) < 4.78 is 11.5. The third kappa shape index (κ3) is 4.63. The first-order valence-corrected chi connectivity index (χ1v) is 8.38. The maximum atomic E-state index is 11.2. The number of nitrogens with one attached hydrogen (secondary N) is 2. The summed E-state index contributed by atoms with van der Waals surface area (Å²) in [5.41, 5.74) is 7.21. The SMILES string of the molecule is N=C/C=C(\N)c1ccc(Oc2ccc(OCC3CNC(=O)C3)cc2)cc1. The molecule has 1 fully saturated rings. The predicted molar refractivity (Wildman–Crippen MR) is 101 cm³/mol. The number of rotatable bonds is 7. The molecule has 6 heteroatoms. The van der Waals surface area contributed by atoms with Crippen molar-refractivity contribution in [3.05, 3.63) is 60.2 Å². The average molecular weight is 351 g/mol. The molecule has 0 bridgehead atoms. The van der Waals surface area contributed by atoms with E-state index in [4.69, 9.17) is 20.6 Å². The summed E-state index contributed by atoms with van der Waals surface area (Å²) in [6, 6.07) is 14.7. The molecule has 1 amide bonds. The van der Waals surface area contributed by atoms with Crippen LogP contribution in [0.2, 0.25) is 0 Å². The van der Waals surface area contributed by atoms with Gasteiger partial charge < -0.3 is 25.9 Å². The van der Waals surface area contributed by atoms with Crippen LogP contribution in [-0.4, -0.2) is 25.3 Å². The molecular formula is C20H21N3O3. The van der Waals surface area contributed by atoms with Gasteiger partial charge in [0.15, 0.2) is 0 Å². The summed E-state index contributed by atoms with van der Waals surface area (Å²) in [6.07, 6.45) is 3.22. The van der Waals surface area contributed by atoms with Gasteiger partial charge in [0, 0.05) is 30.8 Å². The van der Waals surface area contributed by atoms with Crippen molar-refractivity contribution in [2.75, 3.05) is 13.2 Å². The predicted octanol–water partition coefficient (Wildman–Crippen LogP) is 2.94. The van der Waals surface area contributed by atoms with E-state index in [0.717, 1.165) is 17.5 Å². The lowest BCUT2D eigenvalue weighted by atomic mass is 10.1. The summed E-state index contributed by atoms with van der Waals surface area (Å²) in [6.45, 7) is 1.20. The minimum absolute atomic E-state index is 0.0865. The smallest absolute Gasteiger partial charge is 0.220 e. The van der Waals surface area contributed by atoms with Crippen molar-refractivity contribution in [1.29, 1.82) is 5.41 Å². The molecule has 3 rings (SSSR count). The molecule has 1 aliphatic heterocycles. The maximum Gasteiger partial charge on any atom is 0.220 e. The minimum Gasteiger partial charge on any atom is -0.493 e. The van der Waals surface area contributed by atoms with Crippen molar-refractivity contribution in [2.45, 2.75) is 6.42 Å². The van der Waals surface area contributed by atoms with E-state index in [9.17, 15) is 4.79 Å². The first-order valence-electron chi connectivity index (χ1n) is 8.38. The van der Waals surface area contributed by atoms with Crippen molar-refractivity contribution in [2.24, 2.45) is 11.7 Å². The molecule has 0 aliphatic carbocycles. The van der Waals surface area contributed by atoms with E-state index in [-0.39, 0.29) is 11.8 Å². The van der Waals surface area contributed by atoms with Crippen molar-refractivity contribution in [1.82, 2.24) is 5.32 Å². The molecule has 0 spiro atoms. The van der Waals surface area contributed by atoms with Gasteiger partial charge in [0.1, 0.15) is 17.2 Å². The number of benzene rings is 2. The molecule has 0 saturated carbocycles. The number of carbonyl (C=O) groups excluding carboxylic acids is 1. The van der Waals surface area contributed by atoms with Gasteiger partial charge in [-0.3, -0.25) is 4.79 Å². The summed E-state index contributed by atoms with van der Waals surface area (Å²) in [4.78, 5) is 11.2. The fraction of sp³-hybridized carbons (Fsp3) is 0.200. The van der Waals surface area contributed by atoms with E-state index < -0.39 is 0 Å². The second kappa shape index (κ2) is 8.20. The number of ether oxygens (including phenoxy) is 2. The van der Waals surface area contributed by atoms with E-state index in [2.05, 4.69) is 5.32 Å². The quantitative estimate of drug-likeness (QED) is 0.668. The highest BCUT2D eigenvalue weighted by Crippen LogP contribution is 2.25. The van der Waals surface area contributed by atoms with Crippen LogP contribution in [0.5, 0.6) is 17.2 Å². The van der Waals surface area contributed by atoms with Gasteiger partial charge >= 0.3 is 0 Å². The molecule has 26 heavy (non-hydrogen) atoms. The maximum absolute atomic E-state index is 11.2. The highest BCUT2D eigenvalue weighted by Gasteiger charge is 2.21. The Hall–Kier alpha value is -3.28. The van der Waals surface area contributed by atoms with Gasteiger partial charge in [0.2, 0.25) is 5.91 Å². The monoisotopic (exact) mass is 351 g/mol. The molecule has 2 aromatic carbocycles. The number of allylic oxidation sites excluding steroid dienone is 1. The van der Waals surface area contributed by atoms with Crippen LogP contribution in [0.15, 0.2) is 54.6 Å². The van der Waals surface area contributed by atoms with Crippen LogP contribution in [0, 0.1) is 11.3 Å². The molecule has 0 radical (unpaired) electrons. The lowest BCUT2D eigenvalue weighted by molar-refractivity contribution is -0.119. The number of hydrogen-bond donors (Lipinski definition) is 3. The van der Waals surface area contributed by atoms with Crippen LogP contribution in [0.3, 0.4) is 0 Å². The van der Waals surface area contributed by atoms with E-state index in [1.165, 1.54) is 6.08 Å². The van der Waals surface area contributed by atoms with Crippen LogP contribution in [0.4, 0.5) is 0 Å². The Morgan fingerprint density at radius 1 is 1.12 bits per heavy atom. The number of nitrogens with two attached hydrogens (primary N) is 1. The topological polar surface area (TPSA) is 97.4 Å². The van der Waals surface area contributed by atoms with Crippen molar-refractivity contribution in [3.8, 4) is 17.2 Å². The Kier molecular flexibility index (Phi) is 5.53. The van der Waals surface area contributed by atoms with Gasteiger partial charge in [-0.15, -0.1) is 0 Å². The third-order valence-electron chi connectivity index (χ3n) is 4.06. The largest absolute Gasteiger partial charge is 0.493 e. The van der Waals surface area contributed by atoms with Crippen LogP contribution >= 0.6 is 0 Å². The van der Waals surface area contributed by atoms with Gasteiger partial charge in [-0.05, 0) is 60.2 Å². The van der Waals surface area contributed by atoms with Gasteiger partial charge in [-0.25, -0.2) is 0 Å². The molecule has 1 unspecified atom stereocenters. The van der Waals surface area contributed by atoms with E-state index >= 15 is 0 Å². The standard InChI is InChI=1S/C20H21N3O3/c21-10-9-19(22)15-1-3-17(4-2-15)26-18-7-5-16(6-8-18)25-13-14-11-20(24)23-12-14/h1-10,14,21H,11-13,22H2,(H,23,24)/b19-9-,21-10?. The van der Waals surface area contributed by atoms with Crippen LogP contribution in [-0.2, 0) is 4.79 Å². The Labute approximate surface area is 152 Å². The molecule has 4 N–H and O–H groups in total. The molecule has 6 nitrogen and oxygen atoms in total. The Morgan fingerprint density at radius 3 is 2.31 bits per heavy atom. The van der Waals surface area contributed by atoms with Gasteiger partial charge in [0.25, 0.3) is 0 Å². The minimum atomic E-state index is 0.0865. The summed E-state index contributed by atoms with van der Waals surface area (Å²) in [5.74, 6) is 2.46. The van der Waals surface area contributed by atoms with Crippen molar-refractivity contribution >= 4 is 17.8 Å². The molecule has 0 aromatic heterocycles. The Balaban J connectivity index is 1.54. The number of amides is 1. The number of hydrogen-bond acceptors (Lipinski definition) is 5. The van der Waals surface area contributed by atoms with Crippen LogP contribution in [0.25, 0.3) is 5.70 Å². The number of carbonyl (C=O) groups is 1. The Morgan fingerprint density at radius 2 is 1.73 bits per heavy atom. The molecule has 1 aliphatic rings. The van der Waals surface area contributed by atoms with Crippen LogP contribution < -0.4 is 20.5 Å². The van der Waals surface area contributed by atoms with E-state index in [1.54, 1.807) is 0 Å². The summed E-state index contributed by atoms with van der Waals surface area (Å²) >= 11 is 0. The lowest BCUT2D eigenvalue weighted by Gasteiger charge is -2.11. The van der Waals surface area contributed by atoms with E-state index in [0.29, 0.717) is 36.8 Å². The lowest BCUT2D eigenvalue weighted by Crippen LogP contribution is -2.16. The van der Waals surface area contributed by atoms with Gasteiger partial charge in [0.05, 0.1) is 6.61 Å². The fourth-order valence-corrected chi connectivity index (χ4v) is 2.64. The summed E-state index contributed by atoms with van der Waals surface area (Å²) in [5, 5.41) is 9.84. The molecule has 1 atom stereocenters. The fourth-order valence-electron chi connectivity index (χ4n) is 2.64. The second-order valence-corrected chi connectivity index (χ2v) is 6.07. The first kappa shape index (κ1) is 17.5. The second-order valence-electron chi connectivity index (χ2n) is 6.07. The molecule has 134 valence electrons. The average Bonchev–Trinajstić information content (AvgIpc) is 3.07. The normalized spacial score (nSPS) is 16.8. The zero-order chi connectivity index (χ0) is 18.4. The summed E-state index contributed by atoms with van der Waals surface area (Å²) in [7, 11) is 0. The molecule has 1 heterocycles. The molecule has 2 aromatic rings. The highest BCUT2D eigenvalue weighted by molar-refractivity contribution is 5.81. The van der Waals surface area contributed by atoms with Gasteiger partial charge in [-0.1, -0.05) is 0 Å². The van der Waals surface area contributed by atoms with Crippen molar-refractivity contribution < 1.29 is 14.3 Å².